The molecule has 1 saturated heterocycles. The van der Waals surface area contributed by atoms with Crippen molar-refractivity contribution in [3.8, 4) is 11.5 Å². The number of piperidine rings is 1. The molecule has 0 saturated carbocycles. The van der Waals surface area contributed by atoms with Crippen molar-refractivity contribution in [1.82, 2.24) is 25.0 Å². The lowest BCUT2D eigenvalue weighted by atomic mass is 9.97. The van der Waals surface area contributed by atoms with Crippen LogP contribution in [0.5, 0.6) is 0 Å². The van der Waals surface area contributed by atoms with Gasteiger partial charge < -0.3 is 10.3 Å². The number of aromatic nitrogens is 4. The number of likely N-dealkylation sites (tertiary alicyclic amines) is 1. The molecular weight excluding hydrogens is 316 g/mol. The first-order chi connectivity index (χ1) is 12.3. The standard InChI is InChI=1S/C18H20N6O/c19-16-9-15(20-12-21-16)17-22-18(25-23-17)14-7-4-8-24(11-14)10-13-5-2-1-3-6-13/h1-3,5-6,9,12,14H,4,7-8,10-11H2,(H2,19,20,21)/t14-/m1/s1. The van der Waals surface area contributed by atoms with Gasteiger partial charge in [-0.15, -0.1) is 0 Å². The quantitative estimate of drug-likeness (QED) is 0.782. The van der Waals surface area contributed by atoms with Gasteiger partial charge >= 0.3 is 0 Å². The van der Waals surface area contributed by atoms with Crippen LogP contribution in [0.1, 0.15) is 30.2 Å². The zero-order chi connectivity index (χ0) is 17.1. The van der Waals surface area contributed by atoms with Gasteiger partial charge in [-0.25, -0.2) is 9.97 Å². The maximum atomic E-state index is 5.69. The van der Waals surface area contributed by atoms with Crippen LogP contribution >= 0.6 is 0 Å². The molecular formula is C18H20N6O. The van der Waals surface area contributed by atoms with Crippen LogP contribution in [-0.4, -0.2) is 38.1 Å². The topological polar surface area (TPSA) is 94.0 Å². The third-order valence-electron chi connectivity index (χ3n) is 4.46. The molecule has 128 valence electrons. The van der Waals surface area contributed by atoms with Crippen LogP contribution in [0.25, 0.3) is 11.5 Å². The van der Waals surface area contributed by atoms with E-state index in [-0.39, 0.29) is 5.92 Å². The number of nitrogens with two attached hydrogens (primary N) is 1. The van der Waals surface area contributed by atoms with Gasteiger partial charge in [-0.3, -0.25) is 4.90 Å². The molecule has 1 fully saturated rings. The van der Waals surface area contributed by atoms with Crippen molar-refractivity contribution in [2.75, 3.05) is 18.8 Å². The van der Waals surface area contributed by atoms with E-state index in [9.17, 15) is 0 Å². The highest BCUT2D eigenvalue weighted by atomic mass is 16.5. The summed E-state index contributed by atoms with van der Waals surface area (Å²) in [7, 11) is 0. The van der Waals surface area contributed by atoms with E-state index >= 15 is 0 Å². The van der Waals surface area contributed by atoms with Gasteiger partial charge in [-0.05, 0) is 24.9 Å². The second kappa shape index (κ2) is 6.98. The Labute approximate surface area is 145 Å². The molecule has 0 aliphatic carbocycles. The van der Waals surface area contributed by atoms with Crippen molar-refractivity contribution < 1.29 is 4.52 Å². The van der Waals surface area contributed by atoms with Gasteiger partial charge in [0.1, 0.15) is 17.8 Å². The summed E-state index contributed by atoms with van der Waals surface area (Å²) in [6.07, 6.45) is 3.58. The molecule has 1 atom stereocenters. The van der Waals surface area contributed by atoms with Crippen molar-refractivity contribution in [3.63, 3.8) is 0 Å². The second-order valence-electron chi connectivity index (χ2n) is 6.34. The van der Waals surface area contributed by atoms with Crippen LogP contribution in [-0.2, 0) is 6.54 Å². The van der Waals surface area contributed by atoms with E-state index in [1.165, 1.54) is 11.9 Å². The number of hydrogen-bond acceptors (Lipinski definition) is 7. The fourth-order valence-electron chi connectivity index (χ4n) is 3.24. The summed E-state index contributed by atoms with van der Waals surface area (Å²) in [6, 6.07) is 12.2. The first-order valence-electron chi connectivity index (χ1n) is 8.46. The Morgan fingerprint density at radius 2 is 2.08 bits per heavy atom. The first kappa shape index (κ1) is 15.7. The lowest BCUT2D eigenvalue weighted by molar-refractivity contribution is 0.180. The number of hydrogen-bond donors (Lipinski definition) is 1. The first-order valence-corrected chi connectivity index (χ1v) is 8.46. The second-order valence-corrected chi connectivity index (χ2v) is 6.34. The van der Waals surface area contributed by atoms with Gasteiger partial charge in [0, 0.05) is 19.2 Å². The van der Waals surface area contributed by atoms with Gasteiger partial charge in [0.05, 0.1) is 5.92 Å². The lowest BCUT2D eigenvalue weighted by Crippen LogP contribution is -2.34. The van der Waals surface area contributed by atoms with Crippen LogP contribution in [0.2, 0.25) is 0 Å². The maximum absolute atomic E-state index is 5.69. The fraction of sp³-hybridized carbons (Fsp3) is 0.333. The number of benzene rings is 1. The zero-order valence-electron chi connectivity index (χ0n) is 13.9. The molecule has 2 N–H and O–H groups in total. The summed E-state index contributed by atoms with van der Waals surface area (Å²) in [4.78, 5) is 15.0. The normalized spacial score (nSPS) is 18.3. The molecule has 3 heterocycles. The van der Waals surface area contributed by atoms with Crippen molar-refractivity contribution in [2.45, 2.75) is 25.3 Å². The van der Waals surface area contributed by atoms with E-state index in [1.54, 1.807) is 6.07 Å². The van der Waals surface area contributed by atoms with E-state index < -0.39 is 0 Å². The van der Waals surface area contributed by atoms with E-state index in [2.05, 4.69) is 49.3 Å². The Bertz CT molecular complexity index is 834. The third-order valence-corrected chi connectivity index (χ3v) is 4.46. The minimum absolute atomic E-state index is 0.248. The monoisotopic (exact) mass is 336 g/mol. The molecule has 4 rings (SSSR count). The van der Waals surface area contributed by atoms with Crippen molar-refractivity contribution in [3.05, 3.63) is 54.2 Å². The van der Waals surface area contributed by atoms with Crippen molar-refractivity contribution >= 4 is 5.82 Å². The average Bonchev–Trinajstić information content (AvgIpc) is 3.13. The molecule has 1 aromatic carbocycles. The average molecular weight is 336 g/mol. The largest absolute Gasteiger partial charge is 0.384 e. The summed E-state index contributed by atoms with van der Waals surface area (Å²) in [5, 5.41) is 4.06. The van der Waals surface area contributed by atoms with Crippen LogP contribution in [0.3, 0.4) is 0 Å². The molecule has 0 unspecified atom stereocenters. The van der Waals surface area contributed by atoms with Gasteiger partial charge in [0.2, 0.25) is 11.7 Å². The van der Waals surface area contributed by atoms with Crippen LogP contribution < -0.4 is 5.73 Å². The van der Waals surface area contributed by atoms with Crippen LogP contribution in [0, 0.1) is 0 Å². The molecule has 7 nitrogen and oxygen atoms in total. The zero-order valence-corrected chi connectivity index (χ0v) is 13.9. The molecule has 25 heavy (non-hydrogen) atoms. The number of nitrogen functional groups attached to an aromatic ring is 1. The Morgan fingerprint density at radius 3 is 2.92 bits per heavy atom. The Hall–Kier alpha value is -2.80. The maximum Gasteiger partial charge on any atom is 0.231 e. The summed E-state index contributed by atoms with van der Waals surface area (Å²) in [5.74, 6) is 1.77. The minimum atomic E-state index is 0.248. The van der Waals surface area contributed by atoms with Gasteiger partial charge in [0.15, 0.2) is 0 Å². The molecule has 0 radical (unpaired) electrons. The molecule has 0 spiro atoms. The molecule has 0 bridgehead atoms. The molecule has 1 aliphatic heterocycles. The Morgan fingerprint density at radius 1 is 1.20 bits per heavy atom. The summed E-state index contributed by atoms with van der Waals surface area (Å²) >= 11 is 0. The molecule has 7 heteroatoms. The minimum Gasteiger partial charge on any atom is -0.384 e. The Kier molecular flexibility index (Phi) is 4.39. The predicted molar refractivity (Wildman–Crippen MR) is 93.4 cm³/mol. The van der Waals surface area contributed by atoms with E-state index in [4.69, 9.17) is 10.3 Å². The van der Waals surface area contributed by atoms with Crippen molar-refractivity contribution in [2.24, 2.45) is 0 Å². The Balaban J connectivity index is 1.46. The number of anilines is 1. The summed E-state index contributed by atoms with van der Waals surface area (Å²) in [5.41, 5.74) is 7.60. The molecule has 0 amide bonds. The summed E-state index contributed by atoms with van der Waals surface area (Å²) < 4.78 is 5.51. The smallest absolute Gasteiger partial charge is 0.231 e. The van der Waals surface area contributed by atoms with E-state index in [0.717, 1.165) is 32.5 Å². The van der Waals surface area contributed by atoms with Crippen LogP contribution in [0.4, 0.5) is 5.82 Å². The highest BCUT2D eigenvalue weighted by Crippen LogP contribution is 2.28. The number of rotatable bonds is 4. The van der Waals surface area contributed by atoms with Gasteiger partial charge in [-0.2, -0.15) is 4.98 Å². The highest BCUT2D eigenvalue weighted by Gasteiger charge is 2.26. The van der Waals surface area contributed by atoms with Crippen LogP contribution in [0.15, 0.2) is 47.2 Å². The lowest BCUT2D eigenvalue weighted by Gasteiger charge is -2.30. The third kappa shape index (κ3) is 3.66. The van der Waals surface area contributed by atoms with Crippen molar-refractivity contribution in [1.29, 1.82) is 0 Å². The van der Waals surface area contributed by atoms with Gasteiger partial charge in [0.25, 0.3) is 0 Å². The summed E-state index contributed by atoms with van der Waals surface area (Å²) in [6.45, 7) is 2.96. The number of nitrogens with zero attached hydrogens (tertiary/aromatic N) is 5. The molecule has 2 aromatic heterocycles. The SMILES string of the molecule is Nc1cc(-c2noc([C@@H]3CCCN(Cc4ccccc4)C3)n2)ncn1. The predicted octanol–water partition coefficient (Wildman–Crippen LogP) is 2.49. The van der Waals surface area contributed by atoms with Gasteiger partial charge in [-0.1, -0.05) is 35.5 Å². The molecule has 1 aliphatic rings. The highest BCUT2D eigenvalue weighted by molar-refractivity contribution is 5.52. The molecule has 3 aromatic rings. The van der Waals surface area contributed by atoms with E-state index in [0.29, 0.717) is 23.2 Å². The fourth-order valence-corrected chi connectivity index (χ4v) is 3.24. The van der Waals surface area contributed by atoms with E-state index in [1.807, 2.05) is 6.07 Å².